The lowest BCUT2D eigenvalue weighted by molar-refractivity contribution is -0.402. The normalized spacial score (nSPS) is 15.2. The molecular weight excluding hydrogens is 268 g/mol. The van der Waals surface area contributed by atoms with Crippen molar-refractivity contribution in [3.05, 3.63) is 28.0 Å². The molecule has 0 saturated heterocycles. The quantitative estimate of drug-likeness (QED) is 0.474. The van der Waals surface area contributed by atoms with Crippen molar-refractivity contribution in [1.82, 2.24) is 5.01 Å². The maximum atomic E-state index is 11.5. The van der Waals surface area contributed by atoms with Crippen LogP contribution in [-0.4, -0.2) is 40.7 Å². The number of nitro groups is 1. The van der Waals surface area contributed by atoms with E-state index >= 15 is 0 Å². The molecule has 0 radical (unpaired) electrons. The van der Waals surface area contributed by atoms with Crippen molar-refractivity contribution in [2.24, 2.45) is 10.1 Å². The fourth-order valence-corrected chi connectivity index (χ4v) is 1.46. The largest absolute Gasteiger partial charge is 0.477 e. The minimum absolute atomic E-state index is 0.0850. The SMILES string of the molecule is CC(C)OC1=NC(=O)N(/N=C/c2ccc([N+](=O)[O-])o2)C1. The monoisotopic (exact) mass is 280 g/mol. The van der Waals surface area contributed by atoms with Crippen LogP contribution in [0.4, 0.5) is 10.7 Å². The summed E-state index contributed by atoms with van der Waals surface area (Å²) in [6.07, 6.45) is 1.12. The number of ether oxygens (including phenoxy) is 1. The van der Waals surface area contributed by atoms with Gasteiger partial charge in [0.15, 0.2) is 5.76 Å². The second-order valence-corrected chi connectivity index (χ2v) is 4.19. The number of carbonyl (C=O) groups excluding carboxylic acids is 1. The Morgan fingerprint density at radius 3 is 2.95 bits per heavy atom. The lowest BCUT2D eigenvalue weighted by Gasteiger charge is -2.09. The summed E-state index contributed by atoms with van der Waals surface area (Å²) in [6, 6.07) is 2.03. The molecule has 9 heteroatoms. The maximum absolute atomic E-state index is 11.5. The van der Waals surface area contributed by atoms with Crippen molar-refractivity contribution in [3.63, 3.8) is 0 Å². The highest BCUT2D eigenvalue weighted by molar-refractivity contribution is 5.98. The number of aliphatic imine (C=N–C) groups is 1. The summed E-state index contributed by atoms with van der Waals surface area (Å²) in [4.78, 5) is 25.0. The van der Waals surface area contributed by atoms with Gasteiger partial charge in [-0.15, -0.1) is 0 Å². The Hall–Kier alpha value is -2.71. The lowest BCUT2D eigenvalue weighted by atomic mass is 10.5. The van der Waals surface area contributed by atoms with Crippen LogP contribution < -0.4 is 0 Å². The molecule has 20 heavy (non-hydrogen) atoms. The molecule has 2 rings (SSSR count). The Morgan fingerprint density at radius 1 is 1.60 bits per heavy atom. The molecule has 9 nitrogen and oxygen atoms in total. The van der Waals surface area contributed by atoms with Crippen molar-refractivity contribution < 1.29 is 18.9 Å². The van der Waals surface area contributed by atoms with Gasteiger partial charge in [-0.25, -0.2) is 9.80 Å². The highest BCUT2D eigenvalue weighted by Crippen LogP contribution is 2.14. The Morgan fingerprint density at radius 2 is 2.35 bits per heavy atom. The number of nitrogens with zero attached hydrogens (tertiary/aromatic N) is 4. The van der Waals surface area contributed by atoms with Gasteiger partial charge in [-0.3, -0.25) is 10.1 Å². The zero-order valence-corrected chi connectivity index (χ0v) is 10.8. The number of amides is 2. The third kappa shape index (κ3) is 3.19. The Balaban J connectivity index is 1.99. The van der Waals surface area contributed by atoms with Gasteiger partial charge in [-0.2, -0.15) is 10.1 Å². The highest BCUT2D eigenvalue weighted by atomic mass is 16.6. The fourth-order valence-electron chi connectivity index (χ4n) is 1.46. The second kappa shape index (κ2) is 5.51. The average molecular weight is 280 g/mol. The van der Waals surface area contributed by atoms with E-state index in [1.54, 1.807) is 0 Å². The molecular formula is C11H12N4O5. The van der Waals surface area contributed by atoms with Gasteiger partial charge in [0.25, 0.3) is 0 Å². The highest BCUT2D eigenvalue weighted by Gasteiger charge is 2.24. The Labute approximate surface area is 113 Å². The zero-order valence-electron chi connectivity index (χ0n) is 10.8. The predicted molar refractivity (Wildman–Crippen MR) is 68.7 cm³/mol. The van der Waals surface area contributed by atoms with E-state index in [1.807, 2.05) is 13.8 Å². The number of furan rings is 1. The summed E-state index contributed by atoms with van der Waals surface area (Å²) in [6.45, 7) is 3.76. The molecule has 2 heterocycles. The standard InChI is InChI=1S/C11H12N4O5/c1-7(2)19-9-6-14(11(16)13-9)12-5-8-3-4-10(20-8)15(17)18/h3-5,7H,6H2,1-2H3/b12-5+. The van der Waals surface area contributed by atoms with Gasteiger partial charge in [0, 0.05) is 0 Å². The van der Waals surface area contributed by atoms with Crippen LogP contribution in [0.3, 0.4) is 0 Å². The summed E-state index contributed by atoms with van der Waals surface area (Å²) >= 11 is 0. The molecule has 0 unspecified atom stereocenters. The third-order valence-electron chi connectivity index (χ3n) is 2.21. The van der Waals surface area contributed by atoms with Gasteiger partial charge in [0.1, 0.15) is 11.5 Å². The van der Waals surface area contributed by atoms with Gasteiger partial charge in [0.2, 0.25) is 5.90 Å². The van der Waals surface area contributed by atoms with Gasteiger partial charge >= 0.3 is 11.9 Å². The molecule has 2 amide bonds. The van der Waals surface area contributed by atoms with Gasteiger partial charge in [-0.1, -0.05) is 0 Å². The van der Waals surface area contributed by atoms with Crippen LogP contribution in [0.5, 0.6) is 0 Å². The third-order valence-corrected chi connectivity index (χ3v) is 2.21. The second-order valence-electron chi connectivity index (χ2n) is 4.19. The van der Waals surface area contributed by atoms with Crippen molar-refractivity contribution in [2.45, 2.75) is 20.0 Å². The first kappa shape index (κ1) is 13.7. The summed E-state index contributed by atoms with van der Waals surface area (Å²) in [5.41, 5.74) is 0. The van der Waals surface area contributed by atoms with Crippen LogP contribution in [-0.2, 0) is 4.74 Å². The van der Waals surface area contributed by atoms with Crippen molar-refractivity contribution in [3.8, 4) is 0 Å². The molecule has 0 aliphatic carbocycles. The summed E-state index contributed by atoms with van der Waals surface area (Å²) in [5, 5.41) is 15.4. The first-order valence-electron chi connectivity index (χ1n) is 5.79. The topological polar surface area (TPSA) is 111 Å². The first-order valence-corrected chi connectivity index (χ1v) is 5.79. The van der Waals surface area contributed by atoms with Crippen molar-refractivity contribution in [1.29, 1.82) is 0 Å². The van der Waals surface area contributed by atoms with Gasteiger partial charge < -0.3 is 9.15 Å². The number of hydrazone groups is 1. The van der Waals surface area contributed by atoms with E-state index < -0.39 is 11.0 Å². The molecule has 0 atom stereocenters. The number of rotatable bonds is 4. The predicted octanol–water partition coefficient (Wildman–Crippen LogP) is 1.78. The van der Waals surface area contributed by atoms with E-state index in [4.69, 9.17) is 9.15 Å². The number of urea groups is 1. The van der Waals surface area contributed by atoms with Crippen molar-refractivity contribution >= 4 is 24.0 Å². The van der Waals surface area contributed by atoms with Gasteiger partial charge in [-0.05, 0) is 19.9 Å². The Kier molecular flexibility index (Phi) is 3.78. The molecule has 0 bridgehead atoms. The van der Waals surface area contributed by atoms with E-state index in [2.05, 4.69) is 10.1 Å². The zero-order chi connectivity index (χ0) is 14.7. The van der Waals surface area contributed by atoms with Crippen LogP contribution >= 0.6 is 0 Å². The number of hydrogen-bond donors (Lipinski definition) is 0. The number of carbonyl (C=O) groups is 1. The van der Waals surface area contributed by atoms with E-state index in [1.165, 1.54) is 18.3 Å². The lowest BCUT2D eigenvalue weighted by Crippen LogP contribution is -2.23. The molecule has 1 aromatic heterocycles. The molecule has 0 aromatic carbocycles. The molecule has 0 saturated carbocycles. The van der Waals surface area contributed by atoms with Crippen LogP contribution in [0, 0.1) is 10.1 Å². The molecule has 0 N–H and O–H groups in total. The molecule has 106 valence electrons. The van der Waals surface area contributed by atoms with Gasteiger partial charge in [0.05, 0.1) is 18.4 Å². The minimum atomic E-state index is -0.657. The smallest absolute Gasteiger partial charge is 0.433 e. The van der Waals surface area contributed by atoms with E-state index in [0.29, 0.717) is 0 Å². The van der Waals surface area contributed by atoms with Crippen LogP contribution in [0.2, 0.25) is 0 Å². The summed E-state index contributed by atoms with van der Waals surface area (Å²) in [7, 11) is 0. The minimum Gasteiger partial charge on any atom is -0.477 e. The fraction of sp³-hybridized carbons (Fsp3) is 0.364. The molecule has 1 aliphatic heterocycles. The maximum Gasteiger partial charge on any atom is 0.433 e. The van der Waals surface area contributed by atoms with E-state index in [0.717, 1.165) is 5.01 Å². The van der Waals surface area contributed by atoms with Crippen LogP contribution in [0.1, 0.15) is 19.6 Å². The van der Waals surface area contributed by atoms with E-state index in [-0.39, 0.29) is 30.2 Å². The van der Waals surface area contributed by atoms with Crippen LogP contribution in [0.15, 0.2) is 26.6 Å². The van der Waals surface area contributed by atoms with Crippen molar-refractivity contribution in [2.75, 3.05) is 6.54 Å². The number of hydrogen-bond acceptors (Lipinski definition) is 6. The van der Waals surface area contributed by atoms with E-state index in [9.17, 15) is 14.9 Å². The molecule has 1 aliphatic rings. The molecule has 0 spiro atoms. The molecule has 1 aromatic rings. The average Bonchev–Trinajstić information content (AvgIpc) is 2.93. The first-order chi connectivity index (χ1) is 9.45. The summed E-state index contributed by atoms with van der Waals surface area (Å²) < 4.78 is 10.2. The summed E-state index contributed by atoms with van der Waals surface area (Å²) in [5.74, 6) is 0.0644. The Bertz CT molecular complexity index is 589. The van der Waals surface area contributed by atoms with Crippen LogP contribution in [0.25, 0.3) is 0 Å². The molecule has 0 fully saturated rings.